The number of methoxy groups -OCH3 is 1. The van der Waals surface area contributed by atoms with Crippen LogP contribution in [0, 0.1) is 10.1 Å². The van der Waals surface area contributed by atoms with Gasteiger partial charge in [-0.05, 0) is 25.1 Å². The first-order valence-electron chi connectivity index (χ1n) is 7.30. The van der Waals surface area contributed by atoms with E-state index in [4.69, 9.17) is 19.6 Å². The number of hydrogen-bond donors (Lipinski definition) is 1. The molecule has 0 saturated heterocycles. The molecule has 8 heteroatoms. The molecule has 2 rings (SSSR count). The molecule has 1 unspecified atom stereocenters. The van der Waals surface area contributed by atoms with Gasteiger partial charge in [0.1, 0.15) is 23.3 Å². The average molecular weight is 334 g/mol. The van der Waals surface area contributed by atoms with E-state index < -0.39 is 16.9 Å². The number of nitrogens with two attached hydrogens (primary N) is 1. The smallest absolute Gasteiger partial charge is 0.323 e. The van der Waals surface area contributed by atoms with E-state index in [0.29, 0.717) is 22.8 Å². The molecule has 0 fully saturated rings. The molecule has 1 heterocycles. The van der Waals surface area contributed by atoms with Crippen LogP contribution in [0.15, 0.2) is 34.7 Å². The van der Waals surface area contributed by atoms with Gasteiger partial charge in [-0.1, -0.05) is 0 Å². The maximum absolute atomic E-state index is 11.6. The van der Waals surface area contributed by atoms with E-state index in [9.17, 15) is 14.9 Å². The largest absolute Gasteiger partial charge is 0.496 e. The molecule has 2 aromatic rings. The van der Waals surface area contributed by atoms with Crippen LogP contribution in [0.5, 0.6) is 5.75 Å². The second kappa shape index (κ2) is 7.60. The molecule has 0 saturated carbocycles. The van der Waals surface area contributed by atoms with Crippen LogP contribution in [0.3, 0.4) is 0 Å². The molecule has 24 heavy (non-hydrogen) atoms. The Morgan fingerprint density at radius 3 is 2.75 bits per heavy atom. The Bertz CT molecular complexity index is 740. The molecule has 1 aromatic heterocycles. The van der Waals surface area contributed by atoms with Gasteiger partial charge in [-0.25, -0.2) is 0 Å². The predicted octanol–water partition coefficient (Wildman–Crippen LogP) is 2.30. The third-order valence-electron chi connectivity index (χ3n) is 3.33. The summed E-state index contributed by atoms with van der Waals surface area (Å²) in [5.41, 5.74) is 6.25. The quantitative estimate of drug-likeness (QED) is 0.469. The molecule has 1 atom stereocenters. The Balaban J connectivity index is 2.21. The second-order valence-corrected chi connectivity index (χ2v) is 4.97. The molecule has 2 N–H and O–H groups in total. The van der Waals surface area contributed by atoms with E-state index in [1.807, 2.05) is 0 Å². The zero-order chi connectivity index (χ0) is 17.7. The van der Waals surface area contributed by atoms with Crippen LogP contribution in [0.2, 0.25) is 0 Å². The number of nitro groups is 1. The number of benzene rings is 1. The van der Waals surface area contributed by atoms with Crippen molar-refractivity contribution in [1.29, 1.82) is 0 Å². The van der Waals surface area contributed by atoms with Gasteiger partial charge < -0.3 is 19.6 Å². The fraction of sp³-hybridized carbons (Fsp3) is 0.312. The topological polar surface area (TPSA) is 118 Å². The number of esters is 1. The Morgan fingerprint density at radius 2 is 2.12 bits per heavy atom. The van der Waals surface area contributed by atoms with Gasteiger partial charge in [-0.3, -0.25) is 14.9 Å². The lowest BCUT2D eigenvalue weighted by Crippen LogP contribution is -2.34. The number of carbonyl (C=O) groups is 1. The first-order valence-corrected chi connectivity index (χ1v) is 7.30. The maximum atomic E-state index is 11.6. The summed E-state index contributed by atoms with van der Waals surface area (Å²) >= 11 is 0. The van der Waals surface area contributed by atoms with Gasteiger partial charge in [0.2, 0.25) is 0 Å². The van der Waals surface area contributed by atoms with Crippen molar-refractivity contribution in [2.24, 2.45) is 5.73 Å². The molecule has 0 aliphatic heterocycles. The molecule has 1 aromatic carbocycles. The number of carbonyl (C=O) groups excluding carboxylic acids is 1. The van der Waals surface area contributed by atoms with Gasteiger partial charge in [-0.15, -0.1) is 0 Å². The zero-order valence-electron chi connectivity index (χ0n) is 13.4. The van der Waals surface area contributed by atoms with Crippen LogP contribution < -0.4 is 10.5 Å². The minimum absolute atomic E-state index is 0.0771. The first-order chi connectivity index (χ1) is 11.5. The second-order valence-electron chi connectivity index (χ2n) is 4.97. The lowest BCUT2D eigenvalue weighted by molar-refractivity contribution is -0.384. The van der Waals surface area contributed by atoms with Gasteiger partial charge >= 0.3 is 5.97 Å². The van der Waals surface area contributed by atoms with Crippen LogP contribution in [0.4, 0.5) is 5.69 Å². The van der Waals surface area contributed by atoms with Crippen molar-refractivity contribution in [3.05, 3.63) is 46.2 Å². The maximum Gasteiger partial charge on any atom is 0.323 e. The van der Waals surface area contributed by atoms with Crippen molar-refractivity contribution in [3.8, 4) is 17.1 Å². The van der Waals surface area contributed by atoms with Gasteiger partial charge in [0.15, 0.2) is 0 Å². The number of rotatable bonds is 7. The minimum atomic E-state index is -0.817. The lowest BCUT2D eigenvalue weighted by Gasteiger charge is -2.09. The van der Waals surface area contributed by atoms with Crippen LogP contribution in [0.25, 0.3) is 11.3 Å². The van der Waals surface area contributed by atoms with Crippen LogP contribution in [-0.4, -0.2) is 30.7 Å². The number of nitro benzene ring substituents is 1. The highest BCUT2D eigenvalue weighted by molar-refractivity contribution is 5.75. The van der Waals surface area contributed by atoms with Crippen molar-refractivity contribution in [2.45, 2.75) is 19.4 Å². The van der Waals surface area contributed by atoms with Crippen molar-refractivity contribution in [1.82, 2.24) is 0 Å². The van der Waals surface area contributed by atoms with E-state index in [1.54, 1.807) is 25.1 Å². The summed E-state index contributed by atoms with van der Waals surface area (Å²) in [4.78, 5) is 21.9. The van der Waals surface area contributed by atoms with Crippen molar-refractivity contribution >= 4 is 11.7 Å². The van der Waals surface area contributed by atoms with E-state index in [1.165, 1.54) is 19.2 Å². The molecule has 0 aliphatic rings. The minimum Gasteiger partial charge on any atom is -0.496 e. The summed E-state index contributed by atoms with van der Waals surface area (Å²) in [6, 6.07) is 6.80. The summed E-state index contributed by atoms with van der Waals surface area (Å²) < 4.78 is 15.7. The van der Waals surface area contributed by atoms with Gasteiger partial charge in [0.05, 0.1) is 30.3 Å². The summed E-state index contributed by atoms with van der Waals surface area (Å²) in [5, 5.41) is 10.8. The van der Waals surface area contributed by atoms with Crippen LogP contribution in [-0.2, 0) is 16.0 Å². The molecule has 0 radical (unpaired) electrons. The van der Waals surface area contributed by atoms with Crippen molar-refractivity contribution in [2.75, 3.05) is 13.7 Å². The van der Waals surface area contributed by atoms with E-state index in [0.717, 1.165) is 0 Å². The molecule has 0 amide bonds. The number of non-ortho nitro benzene ring substituents is 1. The number of ether oxygens (including phenoxy) is 2. The lowest BCUT2D eigenvalue weighted by atomic mass is 10.1. The average Bonchev–Trinajstić information content (AvgIpc) is 3.02. The van der Waals surface area contributed by atoms with Gasteiger partial charge in [-0.2, -0.15) is 0 Å². The summed E-state index contributed by atoms with van der Waals surface area (Å²) in [6.45, 7) is 1.96. The van der Waals surface area contributed by atoms with Gasteiger partial charge in [0.25, 0.3) is 5.69 Å². The zero-order valence-corrected chi connectivity index (χ0v) is 13.4. The number of furan rings is 1. The summed E-state index contributed by atoms with van der Waals surface area (Å²) in [7, 11) is 1.42. The van der Waals surface area contributed by atoms with Crippen LogP contribution in [0.1, 0.15) is 12.7 Å². The Kier molecular flexibility index (Phi) is 5.54. The van der Waals surface area contributed by atoms with Crippen molar-refractivity contribution < 1.29 is 23.6 Å². The molecule has 128 valence electrons. The first kappa shape index (κ1) is 17.5. The highest BCUT2D eigenvalue weighted by atomic mass is 16.6. The third-order valence-corrected chi connectivity index (χ3v) is 3.33. The van der Waals surface area contributed by atoms with E-state index in [-0.39, 0.29) is 18.7 Å². The Hall–Kier alpha value is -2.87. The fourth-order valence-electron chi connectivity index (χ4n) is 2.18. The molecule has 0 spiro atoms. The molecular formula is C16H18N2O6. The standard InChI is InChI=1S/C16H18N2O6/c1-3-23-16(19)13(17)9-11-5-7-14(24-11)12-6-4-10(18(20)21)8-15(12)22-2/h4-8,13H,3,9,17H2,1-2H3. The van der Waals surface area contributed by atoms with E-state index >= 15 is 0 Å². The van der Waals surface area contributed by atoms with Crippen LogP contribution >= 0.6 is 0 Å². The molecular weight excluding hydrogens is 316 g/mol. The van der Waals surface area contributed by atoms with Gasteiger partial charge in [0, 0.05) is 12.5 Å². The molecule has 8 nitrogen and oxygen atoms in total. The molecule has 0 aliphatic carbocycles. The highest BCUT2D eigenvalue weighted by Crippen LogP contribution is 2.34. The normalized spacial score (nSPS) is 11.8. The predicted molar refractivity (Wildman–Crippen MR) is 85.7 cm³/mol. The molecule has 0 bridgehead atoms. The van der Waals surface area contributed by atoms with Crippen molar-refractivity contribution in [3.63, 3.8) is 0 Å². The Labute approximate surface area is 138 Å². The van der Waals surface area contributed by atoms with E-state index in [2.05, 4.69) is 0 Å². The fourth-order valence-corrected chi connectivity index (χ4v) is 2.18. The third kappa shape index (κ3) is 3.90. The Morgan fingerprint density at radius 1 is 1.38 bits per heavy atom. The monoisotopic (exact) mass is 334 g/mol. The summed E-state index contributed by atoms with van der Waals surface area (Å²) in [5.74, 6) is 0.793. The number of hydrogen-bond acceptors (Lipinski definition) is 7. The number of nitrogens with zero attached hydrogens (tertiary/aromatic N) is 1. The summed E-state index contributed by atoms with van der Waals surface area (Å²) in [6.07, 6.45) is 0.189. The highest BCUT2D eigenvalue weighted by Gasteiger charge is 2.19. The SMILES string of the molecule is CCOC(=O)C(N)Cc1ccc(-c2ccc([N+](=O)[O-])cc2OC)o1.